The van der Waals surface area contributed by atoms with E-state index in [0.717, 1.165) is 16.7 Å². The van der Waals surface area contributed by atoms with Gasteiger partial charge in [0, 0.05) is 11.4 Å². The predicted molar refractivity (Wildman–Crippen MR) is 55.5 cm³/mol. The average Bonchev–Trinajstić information content (AvgIpc) is 1.96. The lowest BCUT2D eigenvalue weighted by atomic mass is 10.0. The minimum atomic E-state index is -0.339. The average molecular weight is 217 g/mol. The smallest absolute Gasteiger partial charge is 0.226 e. The Hall–Kier alpha value is -0.530. The van der Waals surface area contributed by atoms with E-state index in [1.54, 1.807) is 0 Å². The number of halogens is 2. The Morgan fingerprint density at radius 1 is 1.31 bits per heavy atom. The maximum absolute atomic E-state index is 10.7. The normalized spacial score (nSPS) is 10.2. The van der Waals surface area contributed by atoms with Crippen molar-refractivity contribution >= 4 is 28.4 Å². The fourth-order valence-electron chi connectivity index (χ4n) is 1.36. The molecule has 13 heavy (non-hydrogen) atoms. The van der Waals surface area contributed by atoms with Crippen molar-refractivity contribution in [2.45, 2.75) is 20.3 Å². The Bertz CT molecular complexity index is 322. The lowest BCUT2D eigenvalue weighted by Gasteiger charge is -2.07. The molecule has 0 fully saturated rings. The van der Waals surface area contributed by atoms with Crippen molar-refractivity contribution in [2.24, 2.45) is 0 Å². The topological polar surface area (TPSA) is 17.1 Å². The zero-order valence-corrected chi connectivity index (χ0v) is 9.04. The van der Waals surface area contributed by atoms with E-state index in [4.69, 9.17) is 23.2 Å². The third kappa shape index (κ3) is 2.71. The second-order valence-corrected chi connectivity index (χ2v) is 3.91. The summed E-state index contributed by atoms with van der Waals surface area (Å²) < 4.78 is 0. The van der Waals surface area contributed by atoms with Crippen LogP contribution in [-0.4, -0.2) is 5.24 Å². The van der Waals surface area contributed by atoms with Crippen molar-refractivity contribution in [1.29, 1.82) is 0 Å². The van der Waals surface area contributed by atoms with Gasteiger partial charge >= 0.3 is 0 Å². The molecule has 0 heterocycles. The summed E-state index contributed by atoms with van der Waals surface area (Å²) in [7, 11) is 0. The summed E-state index contributed by atoms with van der Waals surface area (Å²) in [6.07, 6.45) is 0.274. The van der Waals surface area contributed by atoms with Crippen LogP contribution in [0.5, 0.6) is 0 Å². The molecule has 0 N–H and O–H groups in total. The highest BCUT2D eigenvalue weighted by Gasteiger charge is 2.07. The molecule has 1 aromatic rings. The van der Waals surface area contributed by atoms with Gasteiger partial charge < -0.3 is 0 Å². The van der Waals surface area contributed by atoms with E-state index in [2.05, 4.69) is 0 Å². The van der Waals surface area contributed by atoms with Crippen molar-refractivity contribution in [3.8, 4) is 0 Å². The molecule has 0 saturated carbocycles. The van der Waals surface area contributed by atoms with Crippen LogP contribution in [0.1, 0.15) is 16.7 Å². The molecule has 1 rings (SSSR count). The maximum Gasteiger partial charge on any atom is 0.226 e. The molecule has 0 aliphatic heterocycles. The fourth-order valence-corrected chi connectivity index (χ4v) is 1.82. The maximum atomic E-state index is 10.7. The van der Waals surface area contributed by atoms with Crippen LogP contribution in [0.4, 0.5) is 0 Å². The molecular weight excluding hydrogens is 207 g/mol. The first-order chi connectivity index (χ1) is 6.00. The molecule has 0 saturated heterocycles. The van der Waals surface area contributed by atoms with E-state index in [0.29, 0.717) is 5.02 Å². The van der Waals surface area contributed by atoms with Gasteiger partial charge in [0.15, 0.2) is 0 Å². The summed E-state index contributed by atoms with van der Waals surface area (Å²) >= 11 is 11.2. The van der Waals surface area contributed by atoms with Gasteiger partial charge in [0.05, 0.1) is 0 Å². The van der Waals surface area contributed by atoms with E-state index in [1.807, 2.05) is 26.0 Å². The molecule has 3 heteroatoms. The van der Waals surface area contributed by atoms with Gasteiger partial charge in [-0.3, -0.25) is 4.79 Å². The van der Waals surface area contributed by atoms with Gasteiger partial charge in [0.25, 0.3) is 0 Å². The van der Waals surface area contributed by atoms with E-state index >= 15 is 0 Å². The van der Waals surface area contributed by atoms with Gasteiger partial charge in [-0.25, -0.2) is 0 Å². The van der Waals surface area contributed by atoms with Crippen molar-refractivity contribution in [1.82, 2.24) is 0 Å². The Balaban J connectivity index is 3.13. The van der Waals surface area contributed by atoms with Crippen LogP contribution in [0.2, 0.25) is 5.02 Å². The van der Waals surface area contributed by atoms with Crippen LogP contribution >= 0.6 is 23.2 Å². The molecule has 70 valence electrons. The highest BCUT2D eigenvalue weighted by molar-refractivity contribution is 6.63. The highest BCUT2D eigenvalue weighted by atomic mass is 35.5. The van der Waals surface area contributed by atoms with E-state index in [-0.39, 0.29) is 11.7 Å². The summed E-state index contributed by atoms with van der Waals surface area (Å²) in [5.74, 6) is 0. The van der Waals surface area contributed by atoms with Crippen LogP contribution in [0, 0.1) is 13.8 Å². The minimum Gasteiger partial charge on any atom is -0.281 e. The Morgan fingerprint density at radius 2 is 1.77 bits per heavy atom. The number of aryl methyl sites for hydroxylation is 2. The number of hydrogen-bond acceptors (Lipinski definition) is 1. The second-order valence-electron chi connectivity index (χ2n) is 3.05. The van der Waals surface area contributed by atoms with Crippen LogP contribution in [0.15, 0.2) is 12.1 Å². The van der Waals surface area contributed by atoms with Crippen molar-refractivity contribution in [3.63, 3.8) is 0 Å². The van der Waals surface area contributed by atoms with Crippen LogP contribution in [-0.2, 0) is 11.2 Å². The molecule has 1 aromatic carbocycles. The van der Waals surface area contributed by atoms with Gasteiger partial charge in [-0.15, -0.1) is 0 Å². The second kappa shape index (κ2) is 4.12. The molecule has 1 nitrogen and oxygen atoms in total. The monoisotopic (exact) mass is 216 g/mol. The Morgan fingerprint density at radius 3 is 2.15 bits per heavy atom. The number of rotatable bonds is 2. The van der Waals surface area contributed by atoms with Gasteiger partial charge in [-0.05, 0) is 54.3 Å². The van der Waals surface area contributed by atoms with Crippen LogP contribution in [0.25, 0.3) is 0 Å². The quantitative estimate of drug-likeness (QED) is 0.695. The Labute approximate surface area is 87.7 Å². The van der Waals surface area contributed by atoms with Crippen molar-refractivity contribution in [3.05, 3.63) is 33.8 Å². The fraction of sp³-hybridized carbons (Fsp3) is 0.300. The first kappa shape index (κ1) is 10.6. The number of hydrogen-bond donors (Lipinski definition) is 0. The molecule has 0 atom stereocenters. The molecule has 0 amide bonds. The highest BCUT2D eigenvalue weighted by Crippen LogP contribution is 2.20. The number of benzene rings is 1. The zero-order chi connectivity index (χ0) is 10.0. The van der Waals surface area contributed by atoms with E-state index in [1.165, 1.54) is 0 Å². The minimum absolute atomic E-state index is 0.274. The SMILES string of the molecule is Cc1cc(Cl)cc(C)c1CC(=O)Cl. The molecule has 0 radical (unpaired) electrons. The molecule has 0 unspecified atom stereocenters. The van der Waals surface area contributed by atoms with Crippen LogP contribution < -0.4 is 0 Å². The molecule has 0 aliphatic carbocycles. The largest absolute Gasteiger partial charge is 0.281 e. The third-order valence-corrected chi connectivity index (χ3v) is 2.33. The summed E-state index contributed by atoms with van der Waals surface area (Å²) in [5, 5.41) is 0.356. The summed E-state index contributed by atoms with van der Waals surface area (Å²) in [6.45, 7) is 3.85. The Kier molecular flexibility index (Phi) is 3.34. The number of carbonyl (C=O) groups is 1. The van der Waals surface area contributed by atoms with Crippen LogP contribution in [0.3, 0.4) is 0 Å². The first-order valence-corrected chi connectivity index (χ1v) is 4.70. The molecule has 0 spiro atoms. The molecular formula is C10H10Cl2O. The van der Waals surface area contributed by atoms with Gasteiger partial charge in [0.1, 0.15) is 0 Å². The summed E-state index contributed by atoms with van der Waals surface area (Å²) in [5.41, 5.74) is 3.00. The summed E-state index contributed by atoms with van der Waals surface area (Å²) in [6, 6.07) is 3.67. The first-order valence-electron chi connectivity index (χ1n) is 3.94. The van der Waals surface area contributed by atoms with Gasteiger partial charge in [0.2, 0.25) is 5.24 Å². The van der Waals surface area contributed by atoms with Gasteiger partial charge in [-0.2, -0.15) is 0 Å². The predicted octanol–water partition coefficient (Wildman–Crippen LogP) is 3.26. The molecule has 0 bridgehead atoms. The lowest BCUT2D eigenvalue weighted by Crippen LogP contribution is -1.99. The van der Waals surface area contributed by atoms with Crippen molar-refractivity contribution < 1.29 is 4.79 Å². The number of carbonyl (C=O) groups excluding carboxylic acids is 1. The molecule has 0 aromatic heterocycles. The lowest BCUT2D eigenvalue weighted by molar-refractivity contribution is -0.111. The zero-order valence-electron chi connectivity index (χ0n) is 7.53. The third-order valence-electron chi connectivity index (χ3n) is 1.98. The van der Waals surface area contributed by atoms with Gasteiger partial charge in [-0.1, -0.05) is 11.6 Å². The standard InChI is InChI=1S/C10H10Cl2O/c1-6-3-8(11)4-7(2)9(6)5-10(12)13/h3-4H,5H2,1-2H3. The van der Waals surface area contributed by atoms with E-state index < -0.39 is 0 Å². The van der Waals surface area contributed by atoms with E-state index in [9.17, 15) is 4.79 Å². The molecule has 0 aliphatic rings. The summed E-state index contributed by atoms with van der Waals surface area (Å²) in [4.78, 5) is 10.7. The van der Waals surface area contributed by atoms with Crippen molar-refractivity contribution in [2.75, 3.05) is 0 Å².